The van der Waals surface area contributed by atoms with E-state index in [2.05, 4.69) is 24.3 Å². The predicted octanol–water partition coefficient (Wildman–Crippen LogP) is -20.2. The Kier molecular flexibility index (Phi) is 29.3. The van der Waals surface area contributed by atoms with Gasteiger partial charge in [0.05, 0.1) is 11.1 Å². The highest BCUT2D eigenvalue weighted by atomic mass is 35.5. The number of nitrogens with one attached hydrogen (secondary N) is 2. The van der Waals surface area contributed by atoms with Crippen molar-refractivity contribution >= 4 is 11.7 Å². The number of amidine groups is 2. The maximum Gasteiger partial charge on any atom is 0.270 e. The Balaban J connectivity index is -0.000000245. The number of piperazine rings is 1. The number of hydrogen-bond acceptors (Lipinski definition) is 0. The molecule has 18 N–H and O–H groups in total. The Hall–Kier alpha value is -1.70. The van der Waals surface area contributed by atoms with E-state index in [9.17, 15) is 0 Å². The topological polar surface area (TPSA) is 238 Å². The SMILES string of the molecule is NC(=[NH2+])c1ccc(C[NH+]2CC[NH+](Cc3ccc(C(N)=[NH2+])cc3)CC2)cc1.O.O.O.O.[Cl-].[Cl-].[Cl-].[Cl-]. The van der Waals surface area contributed by atoms with E-state index in [-0.39, 0.29) is 71.5 Å². The normalized spacial score (nSPS) is 15.2. The standard InChI is InChI=1S/C20H26N6.4ClH.4H2O/c21-19(22)17-5-1-15(2-6-17)13-25-9-11-26(12-10-25)14-16-3-7-18(8-4-16)20(23)24;;;;;;;;/h1-8H,9-14H2,(H3,21,22)(H3,23,24);4*1H;4*1H2. The Morgan fingerprint density at radius 1 is 0.559 bits per heavy atom. The minimum atomic E-state index is 0. The highest BCUT2D eigenvalue weighted by molar-refractivity contribution is 5.92. The van der Waals surface area contributed by atoms with Gasteiger partial charge in [-0.3, -0.25) is 22.3 Å². The summed E-state index contributed by atoms with van der Waals surface area (Å²) in [6.45, 7) is 6.85. The first-order valence-electron chi connectivity index (χ1n) is 9.13. The van der Waals surface area contributed by atoms with Gasteiger partial charge in [-0.15, -0.1) is 0 Å². The van der Waals surface area contributed by atoms with Gasteiger partial charge in [-0.05, 0) is 24.3 Å². The third-order valence-electron chi connectivity index (χ3n) is 5.15. The van der Waals surface area contributed by atoms with Crippen molar-refractivity contribution in [3.8, 4) is 0 Å². The first-order chi connectivity index (χ1) is 12.5. The molecule has 1 aliphatic heterocycles. The van der Waals surface area contributed by atoms with Crippen LogP contribution < -0.4 is 81.7 Å². The molecule has 14 heteroatoms. The summed E-state index contributed by atoms with van der Waals surface area (Å²) < 4.78 is 0. The number of hydrogen-bond donors (Lipinski definition) is 6. The zero-order valence-electron chi connectivity index (χ0n) is 18.7. The van der Waals surface area contributed by atoms with E-state index >= 15 is 0 Å². The summed E-state index contributed by atoms with van der Waals surface area (Å²) in [7, 11) is 0. The Morgan fingerprint density at radius 3 is 1.00 bits per heavy atom. The summed E-state index contributed by atoms with van der Waals surface area (Å²) in [4.78, 5) is 3.26. The van der Waals surface area contributed by atoms with E-state index in [1.807, 2.05) is 24.3 Å². The summed E-state index contributed by atoms with van der Waals surface area (Å²) in [5, 5.41) is 11.2. The lowest BCUT2D eigenvalue weighted by Gasteiger charge is -2.29. The van der Waals surface area contributed by atoms with E-state index in [0.717, 1.165) is 24.2 Å². The van der Waals surface area contributed by atoms with Crippen molar-refractivity contribution in [1.29, 1.82) is 0 Å². The van der Waals surface area contributed by atoms with Crippen LogP contribution in [0, 0.1) is 0 Å². The molecule has 0 unspecified atom stereocenters. The summed E-state index contributed by atoms with van der Waals surface area (Å²) in [5.41, 5.74) is 15.7. The summed E-state index contributed by atoms with van der Waals surface area (Å²) in [6.07, 6.45) is 0. The second-order valence-electron chi connectivity index (χ2n) is 7.16. The minimum Gasteiger partial charge on any atom is -1.00 e. The molecule has 0 spiro atoms. The summed E-state index contributed by atoms with van der Waals surface area (Å²) in [5.74, 6) is 0.752. The number of rotatable bonds is 6. The van der Waals surface area contributed by atoms with Crippen LogP contribution in [0.5, 0.6) is 0 Å². The van der Waals surface area contributed by atoms with Crippen LogP contribution in [0.2, 0.25) is 0 Å². The third kappa shape index (κ3) is 13.3. The highest BCUT2D eigenvalue weighted by Gasteiger charge is 2.23. The van der Waals surface area contributed by atoms with Gasteiger partial charge in [-0.1, -0.05) is 24.3 Å². The number of nitrogens with two attached hydrogens (primary N) is 4. The maximum absolute atomic E-state index is 5.62. The van der Waals surface area contributed by atoms with Crippen LogP contribution in [0.25, 0.3) is 0 Å². The Labute approximate surface area is 225 Å². The molecule has 0 aliphatic carbocycles. The highest BCUT2D eigenvalue weighted by Crippen LogP contribution is 2.02. The van der Waals surface area contributed by atoms with Crippen LogP contribution in [0.3, 0.4) is 0 Å². The first kappa shape index (κ1) is 45.7. The van der Waals surface area contributed by atoms with E-state index in [1.54, 1.807) is 9.80 Å². The molecule has 0 radical (unpaired) electrons. The second-order valence-corrected chi connectivity index (χ2v) is 7.16. The fourth-order valence-corrected chi connectivity index (χ4v) is 3.52. The molecule has 200 valence electrons. The van der Waals surface area contributed by atoms with Crippen molar-refractivity contribution in [3.63, 3.8) is 0 Å². The van der Waals surface area contributed by atoms with Gasteiger partial charge in [0.15, 0.2) is 0 Å². The molecule has 1 saturated heterocycles. The van der Waals surface area contributed by atoms with Gasteiger partial charge in [0, 0.05) is 11.1 Å². The zero-order chi connectivity index (χ0) is 18.5. The van der Waals surface area contributed by atoms with Crippen LogP contribution in [-0.2, 0) is 13.1 Å². The van der Waals surface area contributed by atoms with Gasteiger partial charge in [0.25, 0.3) is 11.7 Å². The van der Waals surface area contributed by atoms with Crippen LogP contribution in [-0.4, -0.2) is 59.8 Å². The molecular weight excluding hydrogens is 530 g/mol. The van der Waals surface area contributed by atoms with Crippen LogP contribution in [0.15, 0.2) is 48.5 Å². The fraction of sp³-hybridized carbons (Fsp3) is 0.300. The van der Waals surface area contributed by atoms with Crippen molar-refractivity contribution in [2.75, 3.05) is 26.2 Å². The molecule has 0 bridgehead atoms. The lowest BCUT2D eigenvalue weighted by atomic mass is 10.1. The lowest BCUT2D eigenvalue weighted by Crippen LogP contribution is -3.27. The molecule has 1 heterocycles. The maximum atomic E-state index is 5.62. The minimum absolute atomic E-state index is 0. The number of quaternary nitrogens is 2. The molecule has 1 aliphatic rings. The average molecular weight is 568 g/mol. The molecular formula is C20H38Cl4N6O4. The molecule has 0 atom stereocenters. The van der Waals surface area contributed by atoms with Gasteiger partial charge < -0.3 is 81.3 Å². The van der Waals surface area contributed by atoms with Gasteiger partial charge in [0.2, 0.25) is 0 Å². The van der Waals surface area contributed by atoms with Crippen LogP contribution in [0.1, 0.15) is 22.3 Å². The van der Waals surface area contributed by atoms with Gasteiger partial charge in [-0.25, -0.2) is 0 Å². The Bertz CT molecular complexity index is 725. The number of halogens is 4. The predicted molar refractivity (Wildman–Crippen MR) is 117 cm³/mol. The van der Waals surface area contributed by atoms with E-state index in [0.29, 0.717) is 11.7 Å². The van der Waals surface area contributed by atoms with Crippen LogP contribution >= 0.6 is 0 Å². The largest absolute Gasteiger partial charge is 1.00 e. The number of benzene rings is 2. The molecule has 3 rings (SSSR count). The van der Waals surface area contributed by atoms with Crippen molar-refractivity contribution < 1.29 is 92.2 Å². The van der Waals surface area contributed by atoms with Crippen molar-refractivity contribution in [2.24, 2.45) is 11.5 Å². The molecule has 10 nitrogen and oxygen atoms in total. The van der Waals surface area contributed by atoms with Crippen molar-refractivity contribution in [2.45, 2.75) is 13.1 Å². The summed E-state index contributed by atoms with van der Waals surface area (Å²) in [6, 6.07) is 16.5. The second kappa shape index (κ2) is 21.8. The first-order valence-corrected chi connectivity index (χ1v) is 9.13. The molecule has 1 fully saturated rings. The monoisotopic (exact) mass is 566 g/mol. The molecule has 0 saturated carbocycles. The molecule has 0 aromatic heterocycles. The average Bonchev–Trinajstić information content (AvgIpc) is 2.64. The lowest BCUT2D eigenvalue weighted by molar-refractivity contribution is -1.02. The molecule has 2 aromatic carbocycles. The smallest absolute Gasteiger partial charge is 0.270 e. The Morgan fingerprint density at radius 2 is 0.794 bits per heavy atom. The summed E-state index contributed by atoms with van der Waals surface area (Å²) >= 11 is 0. The van der Waals surface area contributed by atoms with Crippen molar-refractivity contribution in [3.05, 3.63) is 70.8 Å². The molecule has 2 aromatic rings. The molecule has 34 heavy (non-hydrogen) atoms. The van der Waals surface area contributed by atoms with E-state index in [4.69, 9.17) is 22.3 Å². The molecule has 0 amide bonds. The van der Waals surface area contributed by atoms with E-state index in [1.165, 1.54) is 37.3 Å². The fourth-order valence-electron chi connectivity index (χ4n) is 3.52. The van der Waals surface area contributed by atoms with Gasteiger partial charge in [-0.2, -0.15) is 0 Å². The third-order valence-corrected chi connectivity index (χ3v) is 5.15. The zero-order valence-corrected chi connectivity index (χ0v) is 21.7. The van der Waals surface area contributed by atoms with E-state index < -0.39 is 0 Å². The quantitative estimate of drug-likeness (QED) is 0.147. The van der Waals surface area contributed by atoms with Crippen LogP contribution in [0.4, 0.5) is 0 Å². The van der Waals surface area contributed by atoms with Gasteiger partial charge in [0.1, 0.15) is 39.3 Å². The van der Waals surface area contributed by atoms with Crippen molar-refractivity contribution in [1.82, 2.24) is 0 Å². The van der Waals surface area contributed by atoms with Gasteiger partial charge >= 0.3 is 0 Å².